The van der Waals surface area contributed by atoms with E-state index in [2.05, 4.69) is 34.6 Å². The summed E-state index contributed by atoms with van der Waals surface area (Å²) in [5, 5.41) is 0. The highest BCUT2D eigenvalue weighted by Crippen LogP contribution is 2.19. The van der Waals surface area contributed by atoms with Crippen molar-refractivity contribution in [3.05, 3.63) is 0 Å². The number of esters is 3. The van der Waals surface area contributed by atoms with Gasteiger partial charge in [0.15, 0.2) is 6.10 Å². The van der Waals surface area contributed by atoms with Crippen LogP contribution in [-0.2, 0) is 28.6 Å². The van der Waals surface area contributed by atoms with Crippen molar-refractivity contribution in [3.8, 4) is 0 Å². The van der Waals surface area contributed by atoms with Gasteiger partial charge in [-0.25, -0.2) is 0 Å². The molecule has 2 atom stereocenters. The van der Waals surface area contributed by atoms with Crippen LogP contribution in [0, 0.1) is 11.8 Å². The minimum Gasteiger partial charge on any atom is -0.462 e. The number of carbonyl (C=O) groups excluding carboxylic acids is 3. The molecule has 0 aliphatic carbocycles. The number of hydrogen-bond acceptors (Lipinski definition) is 6. The van der Waals surface area contributed by atoms with E-state index < -0.39 is 6.10 Å². The minimum absolute atomic E-state index is 0.0626. The average Bonchev–Trinajstić information content (AvgIpc) is 3.34. The SMILES string of the molecule is CCCCCCCCCCCCCCCCCCCC(=O)OC[C@@H](COC(=O)CCCCCCCCCCCCCCCCCCCCC(C)CC)OC(=O)CCCCCCCCCCCC(C)C. The molecule has 0 spiro atoms. The second kappa shape index (κ2) is 55.7. The predicted molar refractivity (Wildman–Crippen MR) is 298 cm³/mol. The first-order valence-electron chi connectivity index (χ1n) is 31.3. The van der Waals surface area contributed by atoms with Crippen molar-refractivity contribution in [2.45, 2.75) is 362 Å². The predicted octanol–water partition coefficient (Wildman–Crippen LogP) is 20.8. The van der Waals surface area contributed by atoms with Gasteiger partial charge in [0, 0.05) is 19.3 Å². The van der Waals surface area contributed by atoms with E-state index in [9.17, 15) is 14.4 Å². The normalized spacial score (nSPS) is 12.4. The first kappa shape index (κ1) is 67.4. The number of carbonyl (C=O) groups is 3. The van der Waals surface area contributed by atoms with Gasteiger partial charge in [0.2, 0.25) is 0 Å². The Morgan fingerprint density at radius 1 is 0.304 bits per heavy atom. The van der Waals surface area contributed by atoms with Crippen LogP contribution in [0.4, 0.5) is 0 Å². The topological polar surface area (TPSA) is 78.9 Å². The van der Waals surface area contributed by atoms with Gasteiger partial charge in [0.25, 0.3) is 0 Å². The molecule has 0 fully saturated rings. The maximum Gasteiger partial charge on any atom is 0.306 e. The Bertz CT molecular complexity index is 1060. The molecule has 0 radical (unpaired) electrons. The molecule has 0 rings (SSSR count). The summed E-state index contributed by atoms with van der Waals surface area (Å²) < 4.78 is 16.9. The maximum atomic E-state index is 12.8. The van der Waals surface area contributed by atoms with E-state index in [-0.39, 0.29) is 31.1 Å². The van der Waals surface area contributed by atoms with E-state index in [1.807, 2.05) is 0 Å². The zero-order valence-corrected chi connectivity index (χ0v) is 47.5. The van der Waals surface area contributed by atoms with E-state index in [1.165, 1.54) is 244 Å². The second-order valence-electron chi connectivity index (χ2n) is 22.4. The van der Waals surface area contributed by atoms with Crippen LogP contribution in [0.15, 0.2) is 0 Å². The van der Waals surface area contributed by atoms with Gasteiger partial charge in [-0.05, 0) is 31.1 Å². The molecule has 0 aliphatic heterocycles. The third-order valence-electron chi connectivity index (χ3n) is 14.8. The number of rotatable bonds is 57. The van der Waals surface area contributed by atoms with Crippen LogP contribution < -0.4 is 0 Å². The van der Waals surface area contributed by atoms with E-state index >= 15 is 0 Å². The molecular formula is C63H122O6. The molecule has 0 aromatic carbocycles. The van der Waals surface area contributed by atoms with Crippen LogP contribution >= 0.6 is 0 Å². The highest BCUT2D eigenvalue weighted by atomic mass is 16.6. The van der Waals surface area contributed by atoms with Crippen LogP contribution in [-0.4, -0.2) is 37.2 Å². The van der Waals surface area contributed by atoms with Crippen molar-refractivity contribution >= 4 is 17.9 Å². The summed E-state index contributed by atoms with van der Waals surface area (Å²) in [6, 6.07) is 0. The first-order chi connectivity index (χ1) is 33.8. The molecule has 410 valence electrons. The summed E-state index contributed by atoms with van der Waals surface area (Å²) in [6.45, 7) is 11.5. The molecule has 0 saturated carbocycles. The summed E-state index contributed by atoms with van der Waals surface area (Å²) in [5.74, 6) is 0.880. The average molecular weight is 976 g/mol. The lowest BCUT2D eigenvalue weighted by Crippen LogP contribution is -2.30. The summed E-state index contributed by atoms with van der Waals surface area (Å²) in [4.78, 5) is 38.2. The lowest BCUT2D eigenvalue weighted by molar-refractivity contribution is -0.167. The lowest BCUT2D eigenvalue weighted by atomic mass is 9.99. The molecule has 0 saturated heterocycles. The van der Waals surface area contributed by atoms with Gasteiger partial charge in [0.05, 0.1) is 0 Å². The van der Waals surface area contributed by atoms with E-state index in [1.54, 1.807) is 0 Å². The van der Waals surface area contributed by atoms with Crippen LogP contribution in [0.1, 0.15) is 356 Å². The Morgan fingerprint density at radius 2 is 0.551 bits per heavy atom. The fourth-order valence-corrected chi connectivity index (χ4v) is 9.73. The van der Waals surface area contributed by atoms with E-state index in [4.69, 9.17) is 14.2 Å². The molecule has 0 amide bonds. The second-order valence-corrected chi connectivity index (χ2v) is 22.4. The molecule has 1 unspecified atom stereocenters. The lowest BCUT2D eigenvalue weighted by Gasteiger charge is -2.18. The fraction of sp³-hybridized carbons (Fsp3) is 0.952. The number of ether oxygens (including phenoxy) is 3. The number of unbranched alkanes of at least 4 members (excludes halogenated alkanes) is 41. The van der Waals surface area contributed by atoms with Crippen molar-refractivity contribution in [1.82, 2.24) is 0 Å². The van der Waals surface area contributed by atoms with Crippen molar-refractivity contribution in [2.75, 3.05) is 13.2 Å². The molecule has 0 aliphatic rings. The minimum atomic E-state index is -0.763. The van der Waals surface area contributed by atoms with E-state index in [0.717, 1.165) is 69.6 Å². The third kappa shape index (κ3) is 55.6. The fourth-order valence-electron chi connectivity index (χ4n) is 9.73. The number of hydrogen-bond donors (Lipinski definition) is 0. The molecule has 0 N–H and O–H groups in total. The van der Waals surface area contributed by atoms with Crippen LogP contribution in [0.2, 0.25) is 0 Å². The van der Waals surface area contributed by atoms with Gasteiger partial charge >= 0.3 is 17.9 Å². The molecule has 6 nitrogen and oxygen atoms in total. The molecule has 69 heavy (non-hydrogen) atoms. The zero-order chi connectivity index (χ0) is 50.4. The summed E-state index contributed by atoms with van der Waals surface area (Å²) in [7, 11) is 0. The van der Waals surface area contributed by atoms with Gasteiger partial charge in [0.1, 0.15) is 13.2 Å². The molecule has 0 heterocycles. The van der Waals surface area contributed by atoms with Crippen molar-refractivity contribution in [1.29, 1.82) is 0 Å². The third-order valence-corrected chi connectivity index (χ3v) is 14.8. The standard InChI is InChI=1S/C63H122O6/c1-6-8-9-10-11-12-13-14-15-18-22-25-28-33-38-43-48-53-61(64)67-56-60(69-63(66)55-50-45-40-35-30-31-36-41-46-51-58(3)4)57-68-62(65)54-49-44-39-34-29-26-23-20-17-16-19-21-24-27-32-37-42-47-52-59(5)7-2/h58-60H,6-57H2,1-5H3/t59?,60-/m0/s1. The van der Waals surface area contributed by atoms with Crippen molar-refractivity contribution in [2.24, 2.45) is 11.8 Å². The van der Waals surface area contributed by atoms with Crippen LogP contribution in [0.5, 0.6) is 0 Å². The van der Waals surface area contributed by atoms with Gasteiger partial charge in [-0.1, -0.05) is 317 Å². The first-order valence-corrected chi connectivity index (χ1v) is 31.3. The van der Waals surface area contributed by atoms with E-state index in [0.29, 0.717) is 19.3 Å². The Balaban J connectivity index is 4.21. The highest BCUT2D eigenvalue weighted by Gasteiger charge is 2.19. The largest absolute Gasteiger partial charge is 0.462 e. The monoisotopic (exact) mass is 975 g/mol. The van der Waals surface area contributed by atoms with Crippen molar-refractivity contribution < 1.29 is 28.6 Å². The molecule has 6 heteroatoms. The maximum absolute atomic E-state index is 12.8. The van der Waals surface area contributed by atoms with Crippen LogP contribution in [0.25, 0.3) is 0 Å². The van der Waals surface area contributed by atoms with Crippen molar-refractivity contribution in [3.63, 3.8) is 0 Å². The molecule has 0 aromatic heterocycles. The zero-order valence-electron chi connectivity index (χ0n) is 47.5. The molecular weight excluding hydrogens is 853 g/mol. The van der Waals surface area contributed by atoms with Gasteiger partial charge in [-0.3, -0.25) is 14.4 Å². The van der Waals surface area contributed by atoms with Crippen LogP contribution in [0.3, 0.4) is 0 Å². The Labute approximate surface area is 431 Å². The summed E-state index contributed by atoms with van der Waals surface area (Å²) in [5.41, 5.74) is 0. The molecule has 0 bridgehead atoms. The summed E-state index contributed by atoms with van der Waals surface area (Å²) in [6.07, 6.45) is 61.0. The highest BCUT2D eigenvalue weighted by molar-refractivity contribution is 5.71. The Morgan fingerprint density at radius 3 is 0.826 bits per heavy atom. The summed E-state index contributed by atoms with van der Waals surface area (Å²) >= 11 is 0. The quantitative estimate of drug-likeness (QED) is 0.0343. The van der Waals surface area contributed by atoms with Gasteiger partial charge in [-0.2, -0.15) is 0 Å². The Kier molecular flexibility index (Phi) is 54.4. The molecule has 0 aromatic rings. The Hall–Kier alpha value is -1.59. The van der Waals surface area contributed by atoms with Gasteiger partial charge < -0.3 is 14.2 Å². The smallest absolute Gasteiger partial charge is 0.306 e. The van der Waals surface area contributed by atoms with Gasteiger partial charge in [-0.15, -0.1) is 0 Å².